The van der Waals surface area contributed by atoms with Gasteiger partial charge in [-0.2, -0.15) is 5.10 Å². The van der Waals surface area contributed by atoms with Gasteiger partial charge in [0.15, 0.2) is 5.69 Å². The zero-order valence-corrected chi connectivity index (χ0v) is 14.8. The Labute approximate surface area is 147 Å². The van der Waals surface area contributed by atoms with Crippen LogP contribution in [-0.4, -0.2) is 52.2 Å². The molecule has 1 N–H and O–H groups in total. The molecule has 0 saturated carbocycles. The monoisotopic (exact) mass is 341 g/mol. The lowest BCUT2D eigenvalue weighted by molar-refractivity contribution is -0.00702. The second-order valence-corrected chi connectivity index (χ2v) is 6.89. The Bertz CT molecular complexity index is 803. The zero-order chi connectivity index (χ0) is 17.6. The molecule has 0 aliphatic carbocycles. The van der Waals surface area contributed by atoms with E-state index in [0.717, 1.165) is 29.2 Å². The molecule has 0 bridgehead atoms. The van der Waals surface area contributed by atoms with E-state index in [1.54, 1.807) is 6.20 Å². The van der Waals surface area contributed by atoms with Crippen molar-refractivity contribution < 1.29 is 9.53 Å². The van der Waals surface area contributed by atoms with E-state index >= 15 is 0 Å². The normalized spacial score (nSPS) is 23.0. The number of hydrogen-bond acceptors (Lipinski definition) is 5. The van der Waals surface area contributed by atoms with Gasteiger partial charge in [0, 0.05) is 50.4 Å². The number of rotatable bonds is 1. The molecular formula is C18H23N5O2. The number of aromatic nitrogens is 3. The van der Waals surface area contributed by atoms with Crippen LogP contribution >= 0.6 is 0 Å². The van der Waals surface area contributed by atoms with Gasteiger partial charge in [-0.25, -0.2) is 4.98 Å². The maximum absolute atomic E-state index is 13.2. The van der Waals surface area contributed by atoms with E-state index in [4.69, 9.17) is 4.74 Å². The minimum atomic E-state index is -0.0620. The molecule has 0 radical (unpaired) electrons. The third kappa shape index (κ3) is 2.78. The predicted octanol–water partition coefficient (Wildman–Crippen LogP) is 1.92. The molecule has 4 heterocycles. The van der Waals surface area contributed by atoms with Crippen LogP contribution in [0.15, 0.2) is 18.3 Å². The number of anilines is 1. The Morgan fingerprint density at radius 1 is 1.36 bits per heavy atom. The van der Waals surface area contributed by atoms with Gasteiger partial charge < -0.3 is 14.5 Å². The Kier molecular flexibility index (Phi) is 3.95. The van der Waals surface area contributed by atoms with Crippen molar-refractivity contribution in [2.24, 2.45) is 0 Å². The van der Waals surface area contributed by atoms with Crippen LogP contribution in [0.2, 0.25) is 0 Å². The molecule has 7 nitrogen and oxygen atoms in total. The summed E-state index contributed by atoms with van der Waals surface area (Å²) in [5.74, 6) is 0.918. The smallest absolute Gasteiger partial charge is 0.275 e. The summed E-state index contributed by atoms with van der Waals surface area (Å²) in [7, 11) is 2.01. The van der Waals surface area contributed by atoms with Crippen LogP contribution in [0.5, 0.6) is 0 Å². The lowest BCUT2D eigenvalue weighted by atomic mass is 9.99. The highest BCUT2D eigenvalue weighted by Gasteiger charge is 2.32. The SMILES string of the molecule is C[C@@H]1Cc2c(C(=O)N3CCN(C)c4ncccc4C3)n[nH]c2[C@H](C)O1. The van der Waals surface area contributed by atoms with E-state index in [-0.39, 0.29) is 18.1 Å². The van der Waals surface area contributed by atoms with Crippen LogP contribution in [-0.2, 0) is 17.7 Å². The summed E-state index contributed by atoms with van der Waals surface area (Å²) in [6, 6.07) is 3.94. The number of fused-ring (bicyclic) bond motifs is 2. The highest BCUT2D eigenvalue weighted by atomic mass is 16.5. The molecule has 0 aromatic carbocycles. The highest BCUT2D eigenvalue weighted by Crippen LogP contribution is 2.31. The fraction of sp³-hybridized carbons (Fsp3) is 0.500. The number of amides is 1. The van der Waals surface area contributed by atoms with Gasteiger partial charge in [-0.3, -0.25) is 9.89 Å². The van der Waals surface area contributed by atoms with Crippen molar-refractivity contribution >= 4 is 11.7 Å². The van der Waals surface area contributed by atoms with Gasteiger partial charge in [0.05, 0.1) is 17.9 Å². The molecule has 7 heteroatoms. The lowest BCUT2D eigenvalue weighted by Gasteiger charge is -2.26. The summed E-state index contributed by atoms with van der Waals surface area (Å²) in [6.45, 7) is 5.97. The highest BCUT2D eigenvalue weighted by molar-refractivity contribution is 5.94. The second-order valence-electron chi connectivity index (χ2n) is 6.89. The maximum atomic E-state index is 13.2. The summed E-state index contributed by atoms with van der Waals surface area (Å²) in [5, 5.41) is 7.35. The van der Waals surface area contributed by atoms with Crippen LogP contribution in [0.4, 0.5) is 5.82 Å². The first-order chi connectivity index (χ1) is 12.0. The van der Waals surface area contributed by atoms with Crippen LogP contribution in [0, 0.1) is 0 Å². The number of hydrogen-bond donors (Lipinski definition) is 1. The topological polar surface area (TPSA) is 74.4 Å². The van der Waals surface area contributed by atoms with Crippen molar-refractivity contribution in [3.8, 4) is 0 Å². The third-order valence-corrected chi connectivity index (χ3v) is 5.02. The molecule has 0 unspecified atom stereocenters. The van der Waals surface area contributed by atoms with Crippen LogP contribution in [0.1, 0.15) is 47.3 Å². The third-order valence-electron chi connectivity index (χ3n) is 5.02. The average molecular weight is 341 g/mol. The van der Waals surface area contributed by atoms with E-state index < -0.39 is 0 Å². The fourth-order valence-electron chi connectivity index (χ4n) is 3.73. The Hall–Kier alpha value is -2.41. The van der Waals surface area contributed by atoms with Crippen molar-refractivity contribution in [3.63, 3.8) is 0 Å². The van der Waals surface area contributed by atoms with Gasteiger partial charge in [-0.15, -0.1) is 0 Å². The number of pyridine rings is 1. The van der Waals surface area contributed by atoms with Crippen molar-refractivity contribution in [2.45, 2.75) is 39.0 Å². The fourth-order valence-corrected chi connectivity index (χ4v) is 3.73. The van der Waals surface area contributed by atoms with E-state index in [9.17, 15) is 4.79 Å². The summed E-state index contributed by atoms with van der Waals surface area (Å²) in [4.78, 5) is 21.6. The molecule has 0 spiro atoms. The molecule has 2 aromatic heterocycles. The molecule has 2 aliphatic rings. The van der Waals surface area contributed by atoms with E-state index in [0.29, 0.717) is 25.2 Å². The molecule has 0 saturated heterocycles. The van der Waals surface area contributed by atoms with Crippen LogP contribution in [0.3, 0.4) is 0 Å². The molecule has 2 aliphatic heterocycles. The van der Waals surface area contributed by atoms with Gasteiger partial charge in [0.1, 0.15) is 5.82 Å². The minimum absolute atomic E-state index is 0.0242. The number of aromatic amines is 1. The number of carbonyl (C=O) groups is 1. The van der Waals surface area contributed by atoms with Gasteiger partial charge in [0.25, 0.3) is 5.91 Å². The number of nitrogens with one attached hydrogen (secondary N) is 1. The Morgan fingerprint density at radius 2 is 2.20 bits per heavy atom. The average Bonchev–Trinajstić information content (AvgIpc) is 2.94. The van der Waals surface area contributed by atoms with Gasteiger partial charge >= 0.3 is 0 Å². The molecule has 2 atom stereocenters. The molecule has 132 valence electrons. The quantitative estimate of drug-likeness (QED) is 0.858. The first kappa shape index (κ1) is 16.1. The second kappa shape index (κ2) is 6.15. The number of ether oxygens (including phenoxy) is 1. The summed E-state index contributed by atoms with van der Waals surface area (Å²) >= 11 is 0. The van der Waals surface area contributed by atoms with Crippen LogP contribution in [0.25, 0.3) is 0 Å². The largest absolute Gasteiger partial charge is 0.369 e. The standard InChI is InChI=1S/C18H23N5O2/c1-11-9-14-15(12(2)25-11)20-21-16(14)18(24)23-8-7-22(3)17-13(10-23)5-4-6-19-17/h4-6,11-12H,7-10H2,1-3H3,(H,20,21)/t11-,12+/m1/s1. The van der Waals surface area contributed by atoms with Crippen LogP contribution < -0.4 is 4.90 Å². The zero-order valence-electron chi connectivity index (χ0n) is 14.8. The van der Waals surface area contributed by atoms with E-state index in [1.807, 2.05) is 37.9 Å². The lowest BCUT2D eigenvalue weighted by Crippen LogP contribution is -2.35. The predicted molar refractivity (Wildman–Crippen MR) is 93.5 cm³/mol. The maximum Gasteiger partial charge on any atom is 0.275 e. The van der Waals surface area contributed by atoms with Gasteiger partial charge in [0.2, 0.25) is 0 Å². The molecular weight excluding hydrogens is 318 g/mol. The summed E-state index contributed by atoms with van der Waals surface area (Å²) in [6.07, 6.45) is 2.53. The van der Waals surface area contributed by atoms with E-state index in [1.165, 1.54) is 0 Å². The van der Waals surface area contributed by atoms with Gasteiger partial charge in [-0.1, -0.05) is 6.07 Å². The Balaban J connectivity index is 1.64. The molecule has 1 amide bonds. The van der Waals surface area contributed by atoms with Crippen molar-refractivity contribution in [3.05, 3.63) is 40.8 Å². The molecule has 4 rings (SSSR count). The summed E-state index contributed by atoms with van der Waals surface area (Å²) < 4.78 is 5.82. The first-order valence-electron chi connectivity index (χ1n) is 8.71. The Morgan fingerprint density at radius 3 is 3.04 bits per heavy atom. The van der Waals surface area contributed by atoms with Gasteiger partial charge in [-0.05, 0) is 19.9 Å². The first-order valence-corrected chi connectivity index (χ1v) is 8.71. The summed E-state index contributed by atoms with van der Waals surface area (Å²) in [5.41, 5.74) is 3.52. The van der Waals surface area contributed by atoms with E-state index in [2.05, 4.69) is 20.1 Å². The number of likely N-dealkylation sites (N-methyl/N-ethyl adjacent to an activating group) is 1. The molecule has 0 fully saturated rings. The van der Waals surface area contributed by atoms with Crippen molar-refractivity contribution in [1.82, 2.24) is 20.1 Å². The number of nitrogens with zero attached hydrogens (tertiary/aromatic N) is 4. The number of H-pyrrole nitrogens is 1. The molecule has 25 heavy (non-hydrogen) atoms. The van der Waals surface area contributed by atoms with Crippen molar-refractivity contribution in [2.75, 3.05) is 25.0 Å². The number of carbonyl (C=O) groups excluding carboxylic acids is 1. The molecule has 2 aromatic rings. The minimum Gasteiger partial charge on any atom is -0.369 e. The van der Waals surface area contributed by atoms with Crippen molar-refractivity contribution in [1.29, 1.82) is 0 Å².